The summed E-state index contributed by atoms with van der Waals surface area (Å²) in [7, 11) is 2.12. The van der Waals surface area contributed by atoms with Crippen molar-refractivity contribution < 1.29 is 0 Å². The maximum Gasteiger partial charge on any atom is 0.0477 e. The van der Waals surface area contributed by atoms with Crippen LogP contribution in [0.4, 0.5) is 0 Å². The molecule has 0 spiro atoms. The molecule has 2 heterocycles. The standard InChI is InChI=1S/C16H20N2/c1-3-18-10-14-9-16(14,11-18)13-4-5-15-12(8-13)6-7-17(15)2/h4-8,14H,3,9-11H2,1-2H3. The molecule has 0 amide bonds. The van der Waals surface area contributed by atoms with E-state index in [9.17, 15) is 0 Å². The summed E-state index contributed by atoms with van der Waals surface area (Å²) < 4.78 is 2.20. The van der Waals surface area contributed by atoms with Crippen LogP contribution in [-0.4, -0.2) is 29.1 Å². The molecule has 1 saturated heterocycles. The summed E-state index contributed by atoms with van der Waals surface area (Å²) in [4.78, 5) is 2.60. The summed E-state index contributed by atoms with van der Waals surface area (Å²) in [5.41, 5.74) is 3.42. The van der Waals surface area contributed by atoms with Gasteiger partial charge in [0.25, 0.3) is 0 Å². The highest BCUT2D eigenvalue weighted by Crippen LogP contribution is 2.59. The lowest BCUT2D eigenvalue weighted by molar-refractivity contribution is 0.314. The largest absolute Gasteiger partial charge is 0.351 e. The molecule has 2 aromatic rings. The molecule has 0 bridgehead atoms. The number of aryl methyl sites for hydroxylation is 1. The lowest BCUT2D eigenvalue weighted by Gasteiger charge is -2.19. The van der Waals surface area contributed by atoms with Crippen LogP contribution >= 0.6 is 0 Å². The number of hydrogen-bond acceptors (Lipinski definition) is 1. The van der Waals surface area contributed by atoms with Crippen molar-refractivity contribution >= 4 is 10.9 Å². The van der Waals surface area contributed by atoms with Crippen LogP contribution in [0.2, 0.25) is 0 Å². The number of fused-ring (bicyclic) bond motifs is 2. The lowest BCUT2D eigenvalue weighted by Crippen LogP contribution is -2.26. The highest BCUT2D eigenvalue weighted by atomic mass is 15.2. The van der Waals surface area contributed by atoms with Crippen LogP contribution in [0, 0.1) is 5.92 Å². The first kappa shape index (κ1) is 10.6. The fourth-order valence-corrected chi connectivity index (χ4v) is 3.87. The van der Waals surface area contributed by atoms with Crippen molar-refractivity contribution in [1.29, 1.82) is 0 Å². The number of likely N-dealkylation sites (tertiary alicyclic amines) is 1. The quantitative estimate of drug-likeness (QED) is 0.783. The molecule has 1 aliphatic carbocycles. The van der Waals surface area contributed by atoms with Gasteiger partial charge in [-0.25, -0.2) is 0 Å². The minimum absolute atomic E-state index is 0.500. The summed E-state index contributed by atoms with van der Waals surface area (Å²) in [5.74, 6) is 0.915. The Morgan fingerprint density at radius 3 is 3.00 bits per heavy atom. The number of likely N-dealkylation sites (N-methyl/N-ethyl adjacent to an activating group) is 1. The molecule has 2 aliphatic rings. The average Bonchev–Trinajstić information content (AvgIpc) is 2.79. The third-order valence-corrected chi connectivity index (χ3v) is 5.12. The van der Waals surface area contributed by atoms with Gasteiger partial charge in [-0.2, -0.15) is 0 Å². The molecule has 2 nitrogen and oxygen atoms in total. The summed E-state index contributed by atoms with van der Waals surface area (Å²) in [5, 5.41) is 1.39. The first-order valence-corrected chi connectivity index (χ1v) is 7.01. The van der Waals surface area contributed by atoms with Gasteiger partial charge in [-0.3, -0.25) is 0 Å². The minimum Gasteiger partial charge on any atom is -0.351 e. The zero-order valence-electron chi connectivity index (χ0n) is 11.2. The first-order valence-electron chi connectivity index (χ1n) is 7.01. The van der Waals surface area contributed by atoms with Gasteiger partial charge < -0.3 is 9.47 Å². The number of rotatable bonds is 2. The molecule has 2 atom stereocenters. The van der Waals surface area contributed by atoms with Gasteiger partial charge >= 0.3 is 0 Å². The number of piperidine rings is 1. The lowest BCUT2D eigenvalue weighted by atomic mass is 9.94. The Balaban J connectivity index is 1.75. The Labute approximate surface area is 108 Å². The van der Waals surface area contributed by atoms with Crippen molar-refractivity contribution in [2.45, 2.75) is 18.8 Å². The van der Waals surface area contributed by atoms with E-state index >= 15 is 0 Å². The van der Waals surface area contributed by atoms with E-state index in [0.29, 0.717) is 5.41 Å². The van der Waals surface area contributed by atoms with Crippen LogP contribution in [0.15, 0.2) is 30.5 Å². The summed E-state index contributed by atoms with van der Waals surface area (Å²) in [6, 6.07) is 9.32. The van der Waals surface area contributed by atoms with Crippen LogP contribution in [0.5, 0.6) is 0 Å². The molecule has 1 aromatic heterocycles. The number of aromatic nitrogens is 1. The SMILES string of the molecule is CCN1CC2CC2(c2ccc3c(ccn3C)c2)C1. The van der Waals surface area contributed by atoms with Crippen LogP contribution in [0.1, 0.15) is 18.9 Å². The van der Waals surface area contributed by atoms with E-state index in [1.807, 2.05) is 0 Å². The minimum atomic E-state index is 0.500. The van der Waals surface area contributed by atoms with Crippen LogP contribution in [-0.2, 0) is 12.5 Å². The Hall–Kier alpha value is -1.28. The molecule has 2 fully saturated rings. The fourth-order valence-electron chi connectivity index (χ4n) is 3.87. The van der Waals surface area contributed by atoms with Gasteiger partial charge in [0.2, 0.25) is 0 Å². The maximum atomic E-state index is 2.60. The van der Waals surface area contributed by atoms with Crippen LogP contribution in [0.25, 0.3) is 10.9 Å². The van der Waals surface area contributed by atoms with Crippen molar-refractivity contribution in [2.24, 2.45) is 13.0 Å². The van der Waals surface area contributed by atoms with E-state index in [2.05, 4.69) is 53.9 Å². The molecule has 2 heteroatoms. The van der Waals surface area contributed by atoms with Gasteiger partial charge in [0.1, 0.15) is 0 Å². The summed E-state index contributed by atoms with van der Waals surface area (Å²) in [6.45, 7) is 6.06. The van der Waals surface area contributed by atoms with Gasteiger partial charge in [0.15, 0.2) is 0 Å². The molecule has 94 valence electrons. The zero-order chi connectivity index (χ0) is 12.3. The monoisotopic (exact) mass is 240 g/mol. The molecular formula is C16H20N2. The molecule has 0 radical (unpaired) electrons. The second-order valence-corrected chi connectivity index (χ2v) is 6.09. The molecule has 1 aliphatic heterocycles. The molecule has 0 N–H and O–H groups in total. The van der Waals surface area contributed by atoms with Crippen molar-refractivity contribution in [1.82, 2.24) is 9.47 Å². The summed E-state index contributed by atoms with van der Waals surface area (Å²) in [6.07, 6.45) is 3.56. The van der Waals surface area contributed by atoms with Gasteiger partial charge in [0.05, 0.1) is 0 Å². The normalized spacial score (nSPS) is 30.9. The van der Waals surface area contributed by atoms with E-state index in [0.717, 1.165) is 5.92 Å². The Bertz CT molecular complexity index is 613. The van der Waals surface area contributed by atoms with Crippen LogP contribution < -0.4 is 0 Å². The predicted molar refractivity (Wildman–Crippen MR) is 74.8 cm³/mol. The Morgan fingerprint density at radius 1 is 1.33 bits per heavy atom. The van der Waals surface area contributed by atoms with Gasteiger partial charge in [-0.1, -0.05) is 13.0 Å². The summed E-state index contributed by atoms with van der Waals surface area (Å²) >= 11 is 0. The van der Waals surface area contributed by atoms with Crippen molar-refractivity contribution in [3.63, 3.8) is 0 Å². The Kier molecular flexibility index (Phi) is 2.00. The average molecular weight is 240 g/mol. The number of nitrogens with zero attached hydrogens (tertiary/aromatic N) is 2. The van der Waals surface area contributed by atoms with E-state index in [4.69, 9.17) is 0 Å². The van der Waals surface area contributed by atoms with E-state index in [1.165, 1.54) is 37.0 Å². The molecule has 1 aromatic carbocycles. The highest BCUT2D eigenvalue weighted by molar-refractivity contribution is 5.81. The number of benzene rings is 1. The second-order valence-electron chi connectivity index (χ2n) is 6.09. The third-order valence-electron chi connectivity index (χ3n) is 5.12. The topological polar surface area (TPSA) is 8.17 Å². The molecule has 2 unspecified atom stereocenters. The Morgan fingerprint density at radius 2 is 2.22 bits per heavy atom. The maximum absolute atomic E-state index is 2.60. The number of hydrogen-bond donors (Lipinski definition) is 0. The molecule has 4 rings (SSSR count). The predicted octanol–water partition coefficient (Wildman–Crippen LogP) is 2.77. The van der Waals surface area contributed by atoms with Crippen LogP contribution in [0.3, 0.4) is 0 Å². The van der Waals surface area contributed by atoms with Gasteiger partial charge in [-0.05, 0) is 48.0 Å². The van der Waals surface area contributed by atoms with E-state index in [1.54, 1.807) is 5.56 Å². The second kappa shape index (κ2) is 3.39. The zero-order valence-corrected chi connectivity index (χ0v) is 11.2. The third kappa shape index (κ3) is 1.27. The fraction of sp³-hybridized carbons (Fsp3) is 0.500. The van der Waals surface area contributed by atoms with Crippen molar-refractivity contribution in [3.8, 4) is 0 Å². The smallest absolute Gasteiger partial charge is 0.0477 e. The van der Waals surface area contributed by atoms with Crippen molar-refractivity contribution in [3.05, 3.63) is 36.0 Å². The van der Waals surface area contributed by atoms with E-state index in [-0.39, 0.29) is 0 Å². The first-order chi connectivity index (χ1) is 8.73. The van der Waals surface area contributed by atoms with Crippen molar-refractivity contribution in [2.75, 3.05) is 19.6 Å². The van der Waals surface area contributed by atoms with Gasteiger partial charge in [0, 0.05) is 37.3 Å². The molecule has 18 heavy (non-hydrogen) atoms. The molecular weight excluding hydrogens is 220 g/mol. The molecule has 1 saturated carbocycles. The van der Waals surface area contributed by atoms with E-state index < -0.39 is 0 Å². The highest BCUT2D eigenvalue weighted by Gasteiger charge is 2.60. The van der Waals surface area contributed by atoms with Gasteiger partial charge in [-0.15, -0.1) is 0 Å².